The van der Waals surface area contributed by atoms with Crippen LogP contribution in [0, 0.1) is 5.41 Å². The summed E-state index contributed by atoms with van der Waals surface area (Å²) in [6.45, 7) is 0.182. The van der Waals surface area contributed by atoms with E-state index in [1.165, 1.54) is 0 Å². The summed E-state index contributed by atoms with van der Waals surface area (Å²) in [5, 5.41) is 10.7. The monoisotopic (exact) mass is 243 g/mol. The molecule has 18 heavy (non-hydrogen) atoms. The number of rotatable bonds is 7. The first-order valence-electron chi connectivity index (χ1n) is 5.67. The van der Waals surface area contributed by atoms with Crippen LogP contribution >= 0.6 is 0 Å². The van der Waals surface area contributed by atoms with Gasteiger partial charge in [-0.25, -0.2) is 0 Å². The van der Waals surface area contributed by atoms with Gasteiger partial charge in [0.25, 0.3) is 0 Å². The summed E-state index contributed by atoms with van der Waals surface area (Å²) in [5.74, 6) is 0. The Hall–Kier alpha value is -2.20. The van der Waals surface area contributed by atoms with Crippen LogP contribution in [0.2, 0.25) is 0 Å². The van der Waals surface area contributed by atoms with E-state index >= 15 is 0 Å². The molecule has 0 radical (unpaired) electrons. The molecular formula is C14H17N3O. The molecule has 0 bridgehead atoms. The molecule has 0 fully saturated rings. The topological polar surface area (TPSA) is 79.0 Å². The van der Waals surface area contributed by atoms with Gasteiger partial charge in [0.2, 0.25) is 0 Å². The molecule has 4 heteroatoms. The van der Waals surface area contributed by atoms with Gasteiger partial charge in [-0.05, 0) is 24.3 Å². The van der Waals surface area contributed by atoms with Crippen molar-refractivity contribution < 1.29 is 4.79 Å². The van der Waals surface area contributed by atoms with E-state index in [1.807, 2.05) is 30.3 Å². The van der Waals surface area contributed by atoms with Crippen LogP contribution in [-0.4, -0.2) is 18.5 Å². The minimum absolute atomic E-state index is 0.182. The van der Waals surface area contributed by atoms with Crippen molar-refractivity contribution >= 4 is 17.7 Å². The second-order valence-electron chi connectivity index (χ2n) is 3.62. The molecule has 1 aromatic carbocycles. The molecule has 1 rings (SSSR count). The van der Waals surface area contributed by atoms with E-state index < -0.39 is 0 Å². The van der Waals surface area contributed by atoms with Gasteiger partial charge in [0.05, 0.1) is 0 Å². The van der Waals surface area contributed by atoms with Gasteiger partial charge in [-0.3, -0.25) is 0 Å². The van der Waals surface area contributed by atoms with Crippen LogP contribution in [0.1, 0.15) is 6.42 Å². The Morgan fingerprint density at radius 3 is 2.67 bits per heavy atom. The van der Waals surface area contributed by atoms with E-state index in [-0.39, 0.29) is 6.54 Å². The van der Waals surface area contributed by atoms with Gasteiger partial charge < -0.3 is 21.3 Å². The molecule has 1 aromatic rings. The molecule has 0 heterocycles. The number of allylic oxidation sites excluding steroid dienone is 2. The van der Waals surface area contributed by atoms with E-state index in [0.717, 1.165) is 17.7 Å². The number of carbonyl (C=O) groups is 1. The minimum atomic E-state index is 0.182. The highest BCUT2D eigenvalue weighted by Gasteiger charge is 1.96. The van der Waals surface area contributed by atoms with Crippen LogP contribution < -0.4 is 11.1 Å². The lowest BCUT2D eigenvalue weighted by Gasteiger charge is -2.07. The predicted octanol–water partition coefficient (Wildman–Crippen LogP) is 2.11. The van der Waals surface area contributed by atoms with Gasteiger partial charge in [-0.15, -0.1) is 0 Å². The van der Waals surface area contributed by atoms with Crippen LogP contribution in [0.25, 0.3) is 0 Å². The predicted molar refractivity (Wildman–Crippen MR) is 74.7 cm³/mol. The summed E-state index contributed by atoms with van der Waals surface area (Å²) in [5.41, 5.74) is 7.37. The standard InChI is InChI=1S/C14H17N3O/c15-11-12(16)10-14(8-4-5-9-18)17-13-6-2-1-3-7-13/h1-4,6-10,16-17H,5,11,15H2/b8-4+,14-10-,16-12?. The van der Waals surface area contributed by atoms with Crippen molar-refractivity contribution in [2.24, 2.45) is 5.73 Å². The first-order chi connectivity index (χ1) is 8.76. The molecule has 0 aliphatic rings. The summed E-state index contributed by atoms with van der Waals surface area (Å²) in [6, 6.07) is 9.62. The van der Waals surface area contributed by atoms with Crippen molar-refractivity contribution in [1.29, 1.82) is 5.41 Å². The van der Waals surface area contributed by atoms with Crippen molar-refractivity contribution in [3.8, 4) is 0 Å². The second-order valence-corrected chi connectivity index (χ2v) is 3.62. The average molecular weight is 243 g/mol. The van der Waals surface area contributed by atoms with E-state index in [9.17, 15) is 4.79 Å². The van der Waals surface area contributed by atoms with Crippen molar-refractivity contribution in [1.82, 2.24) is 0 Å². The van der Waals surface area contributed by atoms with Gasteiger partial charge >= 0.3 is 0 Å². The van der Waals surface area contributed by atoms with Gasteiger partial charge in [-0.2, -0.15) is 0 Å². The summed E-state index contributed by atoms with van der Waals surface area (Å²) in [6.07, 6.45) is 6.33. The molecule has 0 amide bonds. The number of hydrogen-bond acceptors (Lipinski definition) is 4. The number of para-hydroxylation sites is 1. The molecule has 0 unspecified atom stereocenters. The van der Waals surface area contributed by atoms with Gasteiger partial charge in [-0.1, -0.05) is 24.3 Å². The number of nitrogens with one attached hydrogen (secondary N) is 2. The molecule has 0 aliphatic carbocycles. The second kappa shape index (κ2) is 7.97. The quantitative estimate of drug-likeness (QED) is 0.390. The fourth-order valence-electron chi connectivity index (χ4n) is 1.31. The number of hydrogen-bond donors (Lipinski definition) is 3. The highest BCUT2D eigenvalue weighted by atomic mass is 16.1. The number of carbonyl (C=O) groups excluding carboxylic acids is 1. The number of benzene rings is 1. The Morgan fingerprint density at radius 2 is 2.06 bits per heavy atom. The molecule has 0 atom stereocenters. The van der Waals surface area contributed by atoms with Crippen LogP contribution in [0.15, 0.2) is 54.3 Å². The van der Waals surface area contributed by atoms with E-state index in [1.54, 1.807) is 18.2 Å². The zero-order chi connectivity index (χ0) is 13.2. The normalized spacial score (nSPS) is 11.5. The van der Waals surface area contributed by atoms with Crippen molar-refractivity contribution in [2.45, 2.75) is 6.42 Å². The first kappa shape index (κ1) is 13.9. The first-order valence-corrected chi connectivity index (χ1v) is 5.67. The summed E-state index contributed by atoms with van der Waals surface area (Å²) < 4.78 is 0. The van der Waals surface area contributed by atoms with E-state index in [4.69, 9.17) is 11.1 Å². The molecule has 0 spiro atoms. The van der Waals surface area contributed by atoms with Crippen molar-refractivity contribution in [3.05, 3.63) is 54.3 Å². The van der Waals surface area contributed by atoms with Gasteiger partial charge in [0.1, 0.15) is 6.29 Å². The van der Waals surface area contributed by atoms with Gasteiger partial charge in [0.15, 0.2) is 0 Å². The average Bonchev–Trinajstić information content (AvgIpc) is 2.40. The van der Waals surface area contributed by atoms with E-state index in [0.29, 0.717) is 12.1 Å². The third-order valence-electron chi connectivity index (χ3n) is 2.14. The zero-order valence-electron chi connectivity index (χ0n) is 10.1. The van der Waals surface area contributed by atoms with Crippen LogP contribution in [0.4, 0.5) is 5.69 Å². The maximum atomic E-state index is 10.3. The lowest BCUT2D eigenvalue weighted by atomic mass is 10.2. The Labute approximate surface area is 107 Å². The van der Waals surface area contributed by atoms with Crippen molar-refractivity contribution in [3.63, 3.8) is 0 Å². The Bertz CT molecular complexity index is 449. The Morgan fingerprint density at radius 1 is 1.33 bits per heavy atom. The molecular weight excluding hydrogens is 226 g/mol. The fourth-order valence-corrected chi connectivity index (χ4v) is 1.31. The maximum absolute atomic E-state index is 10.3. The van der Waals surface area contributed by atoms with Gasteiger partial charge in [0, 0.05) is 30.1 Å². The Balaban J connectivity index is 2.80. The maximum Gasteiger partial charge on any atom is 0.123 e. The largest absolute Gasteiger partial charge is 0.355 e. The Kier molecular flexibility index (Phi) is 6.14. The molecule has 94 valence electrons. The van der Waals surface area contributed by atoms with Crippen molar-refractivity contribution in [2.75, 3.05) is 11.9 Å². The SMILES string of the molecule is N=C(/C=C(/C=C/CC=O)Nc1ccccc1)CN. The molecule has 0 saturated heterocycles. The van der Waals surface area contributed by atoms with E-state index in [2.05, 4.69) is 5.32 Å². The number of anilines is 1. The summed E-state index contributed by atoms with van der Waals surface area (Å²) >= 11 is 0. The molecule has 0 saturated carbocycles. The molecule has 4 N–H and O–H groups in total. The summed E-state index contributed by atoms with van der Waals surface area (Å²) in [4.78, 5) is 10.3. The fraction of sp³-hybridized carbons (Fsp3) is 0.143. The highest BCUT2D eigenvalue weighted by Crippen LogP contribution is 2.10. The number of nitrogens with two attached hydrogens (primary N) is 1. The lowest BCUT2D eigenvalue weighted by molar-refractivity contribution is -0.107. The highest BCUT2D eigenvalue weighted by molar-refractivity contribution is 5.95. The summed E-state index contributed by atoms with van der Waals surface area (Å²) in [7, 11) is 0. The zero-order valence-corrected chi connectivity index (χ0v) is 10.1. The minimum Gasteiger partial charge on any atom is -0.355 e. The molecule has 4 nitrogen and oxygen atoms in total. The van der Waals surface area contributed by atoms with Crippen LogP contribution in [-0.2, 0) is 4.79 Å². The van der Waals surface area contributed by atoms with Crippen LogP contribution in [0.5, 0.6) is 0 Å². The third-order valence-corrected chi connectivity index (χ3v) is 2.14. The molecule has 0 aliphatic heterocycles. The molecule has 0 aromatic heterocycles. The third kappa shape index (κ3) is 5.23. The number of aldehydes is 1. The smallest absolute Gasteiger partial charge is 0.123 e. The van der Waals surface area contributed by atoms with Crippen LogP contribution in [0.3, 0.4) is 0 Å². The lowest BCUT2D eigenvalue weighted by Crippen LogP contribution is -2.11.